The van der Waals surface area contributed by atoms with Crippen LogP contribution in [0.1, 0.15) is 58.3 Å². The summed E-state index contributed by atoms with van der Waals surface area (Å²) in [6, 6.07) is 10.8. The lowest BCUT2D eigenvalue weighted by Crippen LogP contribution is -2.46. The number of rotatable bonds is 5. The van der Waals surface area contributed by atoms with Crippen molar-refractivity contribution < 1.29 is 14.6 Å². The average Bonchev–Trinajstić information content (AvgIpc) is 3.27. The second-order valence-corrected chi connectivity index (χ2v) is 11.8. The number of hydrogen-bond acceptors (Lipinski definition) is 7. The summed E-state index contributed by atoms with van der Waals surface area (Å²) < 4.78 is 9.96. The summed E-state index contributed by atoms with van der Waals surface area (Å²) >= 11 is 3.50. The van der Waals surface area contributed by atoms with Gasteiger partial charge < -0.3 is 14.7 Å². The number of aliphatic hydroxyl groups is 1. The van der Waals surface area contributed by atoms with Crippen LogP contribution in [0.15, 0.2) is 51.9 Å². The van der Waals surface area contributed by atoms with E-state index in [0.717, 1.165) is 21.4 Å². The number of aromatic nitrogens is 5. The first-order valence-electron chi connectivity index (χ1n) is 13.7. The second kappa shape index (κ2) is 10.5. The average molecular weight is 620 g/mol. The van der Waals surface area contributed by atoms with Crippen LogP contribution in [0.4, 0.5) is 0 Å². The van der Waals surface area contributed by atoms with Gasteiger partial charge in [-0.3, -0.25) is 9.59 Å². The molecular formula is C30H31BrN6O4. The molecule has 0 bridgehead atoms. The molecule has 1 fully saturated rings. The monoisotopic (exact) mass is 618 g/mol. The number of aryl methyl sites for hydroxylation is 3. The van der Waals surface area contributed by atoms with E-state index in [9.17, 15) is 14.7 Å². The molecule has 1 atom stereocenters. The van der Waals surface area contributed by atoms with Crippen molar-refractivity contribution in [3.05, 3.63) is 91.2 Å². The van der Waals surface area contributed by atoms with Gasteiger partial charge in [-0.05, 0) is 70.0 Å². The standard InChI is InChI=1S/C30H31BrN6O4/c1-16-9-20(5-7-25(16)31)28(39)35-15-26-24(11-18(35)3)29(40)36(30(33-26)37-19(4)10-17(2)34-37)21-6-8-27(32-14-21)41-23-12-22(38)13-23/h5-10,14,18,22-23,38H,11-13,15H2,1-4H3/t18-,22?,23?/m1/s1. The Kier molecular flexibility index (Phi) is 7.03. The Bertz CT molecular complexity index is 1710. The summed E-state index contributed by atoms with van der Waals surface area (Å²) in [4.78, 5) is 38.9. The molecule has 0 unspecified atom stereocenters. The predicted molar refractivity (Wildman–Crippen MR) is 156 cm³/mol. The zero-order valence-electron chi connectivity index (χ0n) is 23.3. The molecule has 1 saturated carbocycles. The highest BCUT2D eigenvalue weighted by Gasteiger charge is 2.33. The maximum absolute atomic E-state index is 14.1. The highest BCUT2D eigenvalue weighted by Crippen LogP contribution is 2.27. The third-order valence-electron chi connectivity index (χ3n) is 7.80. The summed E-state index contributed by atoms with van der Waals surface area (Å²) in [5, 5.41) is 14.2. The lowest BCUT2D eigenvalue weighted by molar-refractivity contribution is -0.0128. The van der Waals surface area contributed by atoms with E-state index in [1.165, 1.54) is 4.57 Å². The first-order valence-corrected chi connectivity index (χ1v) is 14.4. The molecule has 2 aliphatic rings. The number of amides is 1. The van der Waals surface area contributed by atoms with Gasteiger partial charge in [0, 0.05) is 46.2 Å². The smallest absolute Gasteiger partial charge is 0.263 e. The largest absolute Gasteiger partial charge is 0.474 e. The van der Waals surface area contributed by atoms with Gasteiger partial charge in [0.1, 0.15) is 6.10 Å². The predicted octanol–water partition coefficient (Wildman–Crippen LogP) is 3.99. The number of fused-ring (bicyclic) bond motifs is 1. The number of nitrogens with zero attached hydrogens (tertiary/aromatic N) is 6. The van der Waals surface area contributed by atoms with Crippen LogP contribution >= 0.6 is 15.9 Å². The molecule has 11 heteroatoms. The Labute approximate surface area is 245 Å². The molecule has 1 aromatic carbocycles. The Hall–Kier alpha value is -3.83. The van der Waals surface area contributed by atoms with Crippen molar-refractivity contribution in [3.63, 3.8) is 0 Å². The van der Waals surface area contributed by atoms with E-state index in [0.29, 0.717) is 53.6 Å². The fraction of sp³-hybridized carbons (Fsp3) is 0.367. The van der Waals surface area contributed by atoms with Crippen molar-refractivity contribution in [2.75, 3.05) is 0 Å². The summed E-state index contributed by atoms with van der Waals surface area (Å²) in [5.41, 5.74) is 4.64. The van der Waals surface area contributed by atoms with Gasteiger partial charge >= 0.3 is 0 Å². The molecule has 212 valence electrons. The minimum Gasteiger partial charge on any atom is -0.474 e. The summed E-state index contributed by atoms with van der Waals surface area (Å²) in [7, 11) is 0. The molecule has 4 aromatic rings. The minimum absolute atomic E-state index is 0.0600. The molecular weight excluding hydrogens is 588 g/mol. The van der Waals surface area contributed by atoms with E-state index < -0.39 is 0 Å². The van der Waals surface area contributed by atoms with Crippen LogP contribution < -0.4 is 10.3 Å². The Morgan fingerprint density at radius 1 is 1.12 bits per heavy atom. The van der Waals surface area contributed by atoms with Gasteiger partial charge in [-0.1, -0.05) is 15.9 Å². The van der Waals surface area contributed by atoms with Crippen molar-refractivity contribution in [2.24, 2.45) is 0 Å². The van der Waals surface area contributed by atoms with Crippen molar-refractivity contribution in [1.82, 2.24) is 29.2 Å². The SMILES string of the molecule is Cc1cc(C)n(-c2nc3c(c(=O)n2-c2ccc(OC4CC(O)C4)nc2)C[C@@H](C)N(C(=O)c2ccc(Br)c(C)c2)C3)n1. The zero-order chi connectivity index (χ0) is 29.0. The molecule has 10 nitrogen and oxygen atoms in total. The van der Waals surface area contributed by atoms with Gasteiger partial charge in [-0.15, -0.1) is 0 Å². The first kappa shape index (κ1) is 27.3. The highest BCUT2D eigenvalue weighted by atomic mass is 79.9. The van der Waals surface area contributed by atoms with Crippen LogP contribution in [0.5, 0.6) is 5.88 Å². The maximum atomic E-state index is 14.1. The molecule has 1 aliphatic carbocycles. The van der Waals surface area contributed by atoms with Crippen LogP contribution in [0.25, 0.3) is 11.6 Å². The van der Waals surface area contributed by atoms with Gasteiger partial charge in [0.25, 0.3) is 11.5 Å². The van der Waals surface area contributed by atoms with Gasteiger partial charge in [0.2, 0.25) is 11.8 Å². The number of carbonyl (C=O) groups excluding carboxylic acids is 1. The van der Waals surface area contributed by atoms with Crippen LogP contribution in [0.2, 0.25) is 0 Å². The minimum atomic E-state index is -0.324. The lowest BCUT2D eigenvalue weighted by Gasteiger charge is -2.34. The summed E-state index contributed by atoms with van der Waals surface area (Å²) in [5.74, 6) is 0.665. The van der Waals surface area contributed by atoms with Crippen molar-refractivity contribution in [2.45, 2.75) is 71.8 Å². The van der Waals surface area contributed by atoms with Gasteiger partial charge in [-0.2, -0.15) is 5.10 Å². The van der Waals surface area contributed by atoms with E-state index in [2.05, 4.69) is 26.0 Å². The van der Waals surface area contributed by atoms with Crippen LogP contribution in [0, 0.1) is 20.8 Å². The van der Waals surface area contributed by atoms with E-state index >= 15 is 0 Å². The molecule has 1 amide bonds. The molecule has 4 heterocycles. The van der Waals surface area contributed by atoms with Gasteiger partial charge in [0.15, 0.2) is 0 Å². The van der Waals surface area contributed by atoms with E-state index in [-0.39, 0.29) is 36.3 Å². The number of aliphatic hydroxyl groups excluding tert-OH is 1. The molecule has 1 N–H and O–H groups in total. The Morgan fingerprint density at radius 3 is 2.54 bits per heavy atom. The van der Waals surface area contributed by atoms with Crippen molar-refractivity contribution >= 4 is 21.8 Å². The topological polar surface area (TPSA) is 115 Å². The van der Waals surface area contributed by atoms with Crippen LogP contribution in [-0.4, -0.2) is 58.5 Å². The van der Waals surface area contributed by atoms with E-state index in [4.69, 9.17) is 9.72 Å². The molecule has 41 heavy (non-hydrogen) atoms. The molecule has 6 rings (SSSR count). The number of carbonyl (C=O) groups is 1. The highest BCUT2D eigenvalue weighted by molar-refractivity contribution is 9.10. The lowest BCUT2D eigenvalue weighted by atomic mass is 9.92. The first-order chi connectivity index (χ1) is 19.6. The van der Waals surface area contributed by atoms with Crippen molar-refractivity contribution in [3.8, 4) is 17.5 Å². The van der Waals surface area contributed by atoms with Crippen LogP contribution in [0.3, 0.4) is 0 Å². The molecule has 0 radical (unpaired) electrons. The van der Waals surface area contributed by atoms with Gasteiger partial charge in [-0.25, -0.2) is 19.2 Å². The summed E-state index contributed by atoms with van der Waals surface area (Å²) in [6.07, 6.45) is 2.74. The number of halogens is 1. The third-order valence-corrected chi connectivity index (χ3v) is 8.69. The number of hydrogen-bond donors (Lipinski definition) is 1. The summed E-state index contributed by atoms with van der Waals surface area (Å²) in [6.45, 7) is 7.91. The Balaban J connectivity index is 1.41. The van der Waals surface area contributed by atoms with Crippen LogP contribution in [-0.2, 0) is 13.0 Å². The fourth-order valence-electron chi connectivity index (χ4n) is 5.45. The maximum Gasteiger partial charge on any atom is 0.263 e. The third kappa shape index (κ3) is 5.08. The fourth-order valence-corrected chi connectivity index (χ4v) is 5.69. The molecule has 1 aliphatic heterocycles. The normalized spacial score (nSPS) is 20.0. The van der Waals surface area contributed by atoms with E-state index in [1.807, 2.05) is 52.0 Å². The number of pyridine rings is 1. The Morgan fingerprint density at radius 2 is 1.90 bits per heavy atom. The quantitative estimate of drug-likeness (QED) is 0.359. The second-order valence-electron chi connectivity index (χ2n) is 11.0. The molecule has 0 saturated heterocycles. The van der Waals surface area contributed by atoms with E-state index in [1.54, 1.807) is 27.9 Å². The van der Waals surface area contributed by atoms with Gasteiger partial charge in [0.05, 0.1) is 35.9 Å². The molecule has 0 spiro atoms. The van der Waals surface area contributed by atoms with Crippen molar-refractivity contribution in [1.29, 1.82) is 0 Å². The zero-order valence-corrected chi connectivity index (χ0v) is 24.9. The number of benzene rings is 1. The molecule has 3 aromatic heterocycles. The number of ether oxygens (including phenoxy) is 1.